The van der Waals surface area contributed by atoms with Gasteiger partial charge in [-0.2, -0.15) is 0 Å². The van der Waals surface area contributed by atoms with E-state index >= 15 is 0 Å². The number of hydrogen-bond acceptors (Lipinski definition) is 5. The van der Waals surface area contributed by atoms with Crippen molar-refractivity contribution < 1.29 is 14.8 Å². The van der Waals surface area contributed by atoms with Crippen LogP contribution in [-0.4, -0.2) is 17.0 Å². The Labute approximate surface area is 119 Å². The third-order valence-corrected chi connectivity index (χ3v) is 2.54. The van der Waals surface area contributed by atoms with E-state index in [1.54, 1.807) is 18.2 Å². The first-order valence-corrected chi connectivity index (χ1v) is 5.92. The van der Waals surface area contributed by atoms with Crippen molar-refractivity contribution in [2.45, 2.75) is 0 Å². The van der Waals surface area contributed by atoms with Gasteiger partial charge >= 0.3 is 0 Å². The zero-order chi connectivity index (χ0) is 15.2. The molecule has 1 N–H and O–H groups in total. The summed E-state index contributed by atoms with van der Waals surface area (Å²) in [5.41, 5.74) is -0.0342. The Kier molecular flexibility index (Phi) is 4.25. The predicted molar refractivity (Wildman–Crippen MR) is 75.8 cm³/mol. The molecule has 2 aromatic rings. The molecule has 7 nitrogen and oxygen atoms in total. The molecule has 0 aliphatic rings. The van der Waals surface area contributed by atoms with Gasteiger partial charge in [0.2, 0.25) is 0 Å². The number of anilines is 1. The molecule has 0 fully saturated rings. The van der Waals surface area contributed by atoms with E-state index in [2.05, 4.69) is 10.3 Å². The maximum atomic E-state index is 11.7. The molecule has 0 radical (unpaired) electrons. The van der Waals surface area contributed by atoms with E-state index < -0.39 is 10.8 Å². The summed E-state index contributed by atoms with van der Waals surface area (Å²) in [5.74, 6) is -0.972. The summed E-state index contributed by atoms with van der Waals surface area (Å²) in [5, 5.41) is 24.6. The fraction of sp³-hybridized carbons (Fsp3) is 0. The Balaban J connectivity index is 2.13. The molecule has 2 aromatic carbocycles. The monoisotopic (exact) mass is 284 g/mol. The molecule has 0 saturated heterocycles. The zero-order valence-electron chi connectivity index (χ0n) is 10.7. The average molecular weight is 284 g/mol. The van der Waals surface area contributed by atoms with Crippen LogP contribution in [0.5, 0.6) is 5.75 Å². The van der Waals surface area contributed by atoms with Crippen LogP contribution in [0.25, 0.3) is 0 Å². The lowest BCUT2D eigenvalue weighted by molar-refractivity contribution is -0.383. The number of nitrogens with zero attached hydrogens (tertiary/aromatic N) is 2. The van der Waals surface area contributed by atoms with Crippen LogP contribution in [0.2, 0.25) is 0 Å². The molecule has 0 heterocycles. The number of aliphatic imine (C=N–C) groups is 1. The smallest absolute Gasteiger partial charge is 0.292 e. The minimum Gasteiger partial charge on any atom is -0.871 e. The summed E-state index contributed by atoms with van der Waals surface area (Å²) in [6.45, 7) is 0. The van der Waals surface area contributed by atoms with Crippen molar-refractivity contribution in [2.24, 2.45) is 4.99 Å². The number of para-hydroxylation sites is 4. The molecule has 0 saturated carbocycles. The Morgan fingerprint density at radius 3 is 2.52 bits per heavy atom. The van der Waals surface area contributed by atoms with Gasteiger partial charge in [-0.25, -0.2) is 0 Å². The lowest BCUT2D eigenvalue weighted by atomic mass is 10.2. The SMILES string of the molecule is O=C(C=Nc1ccccc1[O-])Nc1ccccc1[N+](=O)[O-]. The van der Waals surface area contributed by atoms with Crippen LogP contribution >= 0.6 is 0 Å². The quantitative estimate of drug-likeness (QED) is 0.526. The zero-order valence-corrected chi connectivity index (χ0v) is 10.7. The lowest BCUT2D eigenvalue weighted by Crippen LogP contribution is -2.13. The highest BCUT2D eigenvalue weighted by molar-refractivity contribution is 6.32. The summed E-state index contributed by atoms with van der Waals surface area (Å²) in [4.78, 5) is 25.7. The van der Waals surface area contributed by atoms with Gasteiger partial charge in [-0.1, -0.05) is 36.1 Å². The summed E-state index contributed by atoms with van der Waals surface area (Å²) in [6.07, 6.45) is 0.910. The predicted octanol–water partition coefficient (Wildman–Crippen LogP) is 2.01. The number of benzene rings is 2. The molecule has 106 valence electrons. The van der Waals surface area contributed by atoms with Gasteiger partial charge in [0.1, 0.15) is 5.69 Å². The Morgan fingerprint density at radius 1 is 1.14 bits per heavy atom. The minimum absolute atomic E-state index is 0.0642. The van der Waals surface area contributed by atoms with Crippen molar-refractivity contribution in [2.75, 3.05) is 5.32 Å². The Hall–Kier alpha value is -3.22. The molecule has 21 heavy (non-hydrogen) atoms. The van der Waals surface area contributed by atoms with Crippen molar-refractivity contribution >= 4 is 29.2 Å². The van der Waals surface area contributed by atoms with Crippen LogP contribution in [-0.2, 0) is 4.79 Å². The molecule has 0 atom stereocenters. The van der Waals surface area contributed by atoms with Gasteiger partial charge in [0.05, 0.1) is 16.8 Å². The van der Waals surface area contributed by atoms with Crippen molar-refractivity contribution in [3.8, 4) is 5.75 Å². The summed E-state index contributed by atoms with van der Waals surface area (Å²) >= 11 is 0. The number of rotatable bonds is 4. The number of nitro benzene ring substituents is 1. The van der Waals surface area contributed by atoms with Gasteiger partial charge < -0.3 is 10.4 Å². The second-order valence-corrected chi connectivity index (χ2v) is 3.99. The van der Waals surface area contributed by atoms with E-state index in [9.17, 15) is 20.0 Å². The molecular weight excluding hydrogens is 274 g/mol. The molecular formula is C14H10N3O4-. The fourth-order valence-corrected chi connectivity index (χ4v) is 1.60. The van der Waals surface area contributed by atoms with E-state index in [0.29, 0.717) is 0 Å². The molecule has 0 bridgehead atoms. The Morgan fingerprint density at radius 2 is 1.81 bits per heavy atom. The topological polar surface area (TPSA) is 108 Å². The maximum Gasteiger partial charge on any atom is 0.292 e. The first kappa shape index (κ1) is 14.2. The van der Waals surface area contributed by atoms with Gasteiger partial charge in [0.15, 0.2) is 0 Å². The maximum absolute atomic E-state index is 11.7. The summed E-state index contributed by atoms with van der Waals surface area (Å²) in [6, 6.07) is 11.7. The normalized spacial score (nSPS) is 10.5. The molecule has 0 unspecified atom stereocenters. The van der Waals surface area contributed by atoms with Crippen LogP contribution in [0.3, 0.4) is 0 Å². The number of carbonyl (C=O) groups is 1. The highest BCUT2D eigenvalue weighted by atomic mass is 16.6. The van der Waals surface area contributed by atoms with E-state index in [4.69, 9.17) is 0 Å². The van der Waals surface area contributed by atoms with Gasteiger partial charge in [-0.05, 0) is 12.1 Å². The second kappa shape index (κ2) is 6.29. The molecule has 0 spiro atoms. The number of nitrogens with one attached hydrogen (secondary N) is 1. The Bertz CT molecular complexity index is 713. The summed E-state index contributed by atoms with van der Waals surface area (Å²) in [7, 11) is 0. The highest BCUT2D eigenvalue weighted by Crippen LogP contribution is 2.23. The van der Waals surface area contributed by atoms with Crippen molar-refractivity contribution in [3.63, 3.8) is 0 Å². The van der Waals surface area contributed by atoms with Crippen molar-refractivity contribution in [1.29, 1.82) is 0 Å². The molecule has 2 rings (SSSR count). The van der Waals surface area contributed by atoms with E-state index in [0.717, 1.165) is 6.21 Å². The third kappa shape index (κ3) is 3.63. The fourth-order valence-electron chi connectivity index (χ4n) is 1.60. The molecule has 1 amide bonds. The van der Waals surface area contributed by atoms with Gasteiger partial charge in [-0.15, -0.1) is 0 Å². The van der Waals surface area contributed by atoms with Crippen LogP contribution in [0, 0.1) is 10.1 Å². The van der Waals surface area contributed by atoms with Crippen LogP contribution in [0.1, 0.15) is 0 Å². The molecule has 0 aromatic heterocycles. The molecule has 7 heteroatoms. The number of amides is 1. The standard InChI is InChI=1S/C14H11N3O4/c18-13-8-4-2-6-11(13)15-9-14(19)16-10-5-1-3-7-12(10)17(20)21/h1-9,18H,(H,16,19)/p-1. The molecule has 0 aliphatic heterocycles. The van der Waals surface area contributed by atoms with E-state index in [1.165, 1.54) is 30.3 Å². The van der Waals surface area contributed by atoms with E-state index in [-0.39, 0.29) is 22.8 Å². The van der Waals surface area contributed by atoms with E-state index in [1.807, 2.05) is 0 Å². The average Bonchev–Trinajstić information content (AvgIpc) is 2.47. The van der Waals surface area contributed by atoms with Crippen LogP contribution in [0.15, 0.2) is 53.5 Å². The van der Waals surface area contributed by atoms with Crippen molar-refractivity contribution in [1.82, 2.24) is 0 Å². The first-order chi connectivity index (χ1) is 10.1. The van der Waals surface area contributed by atoms with Crippen LogP contribution < -0.4 is 10.4 Å². The number of carbonyl (C=O) groups excluding carboxylic acids is 1. The minimum atomic E-state index is -0.660. The summed E-state index contributed by atoms with van der Waals surface area (Å²) < 4.78 is 0. The first-order valence-electron chi connectivity index (χ1n) is 5.92. The molecule has 0 aliphatic carbocycles. The van der Waals surface area contributed by atoms with Gasteiger partial charge in [0, 0.05) is 6.07 Å². The largest absolute Gasteiger partial charge is 0.871 e. The van der Waals surface area contributed by atoms with Crippen molar-refractivity contribution in [3.05, 3.63) is 58.6 Å². The van der Waals surface area contributed by atoms with Gasteiger partial charge in [-0.3, -0.25) is 19.9 Å². The third-order valence-electron chi connectivity index (χ3n) is 2.54. The highest BCUT2D eigenvalue weighted by Gasteiger charge is 2.13. The number of hydrogen-bond donors (Lipinski definition) is 1. The lowest BCUT2D eigenvalue weighted by Gasteiger charge is -2.07. The van der Waals surface area contributed by atoms with Gasteiger partial charge in [0.25, 0.3) is 11.6 Å². The number of nitro groups is 1. The second-order valence-electron chi connectivity index (χ2n) is 3.99. The van der Waals surface area contributed by atoms with Crippen LogP contribution in [0.4, 0.5) is 17.1 Å².